The van der Waals surface area contributed by atoms with Crippen molar-refractivity contribution in [3.8, 4) is 0 Å². The van der Waals surface area contributed by atoms with Crippen LogP contribution in [0.25, 0.3) is 0 Å². The van der Waals surface area contributed by atoms with E-state index in [1.54, 1.807) is 7.05 Å². The summed E-state index contributed by atoms with van der Waals surface area (Å²) in [7, 11) is 1.54. The Hall–Kier alpha value is -1.52. The third kappa shape index (κ3) is 3.75. The lowest BCUT2D eigenvalue weighted by Gasteiger charge is -2.15. The number of benzene rings is 1. The third-order valence-corrected chi connectivity index (χ3v) is 2.91. The van der Waals surface area contributed by atoms with Crippen LogP contribution in [0.3, 0.4) is 0 Å². The fourth-order valence-corrected chi connectivity index (χ4v) is 1.77. The summed E-state index contributed by atoms with van der Waals surface area (Å²) in [4.78, 5) is 11.3. The normalized spacial score (nSPS) is 13.2. The molecule has 0 heterocycles. The highest BCUT2D eigenvalue weighted by Gasteiger charge is 2.30. The van der Waals surface area contributed by atoms with Crippen LogP contribution in [0.4, 0.5) is 13.2 Å². The summed E-state index contributed by atoms with van der Waals surface area (Å²) in [5.74, 6) is -0.158. The molecule has 18 heavy (non-hydrogen) atoms. The highest BCUT2D eigenvalue weighted by Crippen LogP contribution is 2.31. The largest absolute Gasteiger partial charge is 0.416 e. The fraction of sp³-hybridized carbons (Fsp3) is 0.462. The Morgan fingerprint density at radius 3 is 2.22 bits per heavy atom. The van der Waals surface area contributed by atoms with Gasteiger partial charge in [-0.15, -0.1) is 0 Å². The van der Waals surface area contributed by atoms with Crippen molar-refractivity contribution in [3.63, 3.8) is 0 Å². The molecule has 100 valence electrons. The monoisotopic (exact) mass is 259 g/mol. The number of rotatable bonds is 4. The van der Waals surface area contributed by atoms with Gasteiger partial charge in [-0.25, -0.2) is 0 Å². The van der Waals surface area contributed by atoms with Crippen molar-refractivity contribution >= 4 is 5.91 Å². The molecule has 1 amide bonds. The number of carbonyl (C=O) groups is 1. The Bertz CT molecular complexity index is 398. The summed E-state index contributed by atoms with van der Waals surface area (Å²) in [6.07, 6.45) is -3.32. The molecule has 1 aromatic rings. The Labute approximate surface area is 104 Å². The van der Waals surface area contributed by atoms with E-state index in [9.17, 15) is 18.0 Å². The van der Waals surface area contributed by atoms with Gasteiger partial charge in [-0.3, -0.25) is 4.79 Å². The molecule has 0 saturated carbocycles. The predicted octanol–water partition coefficient (Wildman–Crippen LogP) is 3.34. The Kier molecular flexibility index (Phi) is 4.76. The van der Waals surface area contributed by atoms with Gasteiger partial charge in [-0.2, -0.15) is 13.2 Å². The molecule has 0 saturated heterocycles. The highest BCUT2D eigenvalue weighted by atomic mass is 19.4. The molecule has 0 bridgehead atoms. The van der Waals surface area contributed by atoms with Crippen LogP contribution >= 0.6 is 0 Å². The van der Waals surface area contributed by atoms with E-state index in [1.165, 1.54) is 12.1 Å². The van der Waals surface area contributed by atoms with E-state index in [1.807, 2.05) is 6.92 Å². The van der Waals surface area contributed by atoms with Crippen LogP contribution in [0.2, 0.25) is 0 Å². The van der Waals surface area contributed by atoms with Crippen LogP contribution in [0.5, 0.6) is 0 Å². The predicted molar refractivity (Wildman–Crippen MR) is 63.2 cm³/mol. The van der Waals surface area contributed by atoms with Crippen molar-refractivity contribution in [2.75, 3.05) is 7.05 Å². The van der Waals surface area contributed by atoms with Crippen LogP contribution in [0.15, 0.2) is 24.3 Å². The van der Waals surface area contributed by atoms with Crippen LogP contribution < -0.4 is 5.32 Å². The maximum Gasteiger partial charge on any atom is 0.416 e. The average Bonchev–Trinajstić information content (AvgIpc) is 2.34. The SMILES string of the molecule is CCC(CC(=O)NC)c1ccc(C(F)(F)F)cc1. The van der Waals surface area contributed by atoms with Crippen molar-refractivity contribution < 1.29 is 18.0 Å². The van der Waals surface area contributed by atoms with Crippen molar-refractivity contribution in [1.82, 2.24) is 5.32 Å². The van der Waals surface area contributed by atoms with Gasteiger partial charge in [0.2, 0.25) is 5.91 Å². The third-order valence-electron chi connectivity index (χ3n) is 2.91. The van der Waals surface area contributed by atoms with Gasteiger partial charge in [0.1, 0.15) is 0 Å². The Balaban J connectivity index is 2.85. The lowest BCUT2D eigenvalue weighted by Crippen LogP contribution is -2.20. The fourth-order valence-electron chi connectivity index (χ4n) is 1.77. The van der Waals surface area contributed by atoms with Gasteiger partial charge in [-0.1, -0.05) is 19.1 Å². The first-order chi connectivity index (χ1) is 8.38. The summed E-state index contributed by atoms with van der Waals surface area (Å²) >= 11 is 0. The second-order valence-electron chi connectivity index (χ2n) is 4.10. The number of amides is 1. The zero-order valence-electron chi connectivity index (χ0n) is 10.3. The van der Waals surface area contributed by atoms with Gasteiger partial charge in [0, 0.05) is 13.5 Å². The van der Waals surface area contributed by atoms with Crippen molar-refractivity contribution in [3.05, 3.63) is 35.4 Å². The molecule has 0 radical (unpaired) electrons. The van der Waals surface area contributed by atoms with Crippen LogP contribution in [-0.4, -0.2) is 13.0 Å². The standard InChI is InChI=1S/C13H16F3NO/c1-3-9(8-12(18)17-2)10-4-6-11(7-5-10)13(14,15)16/h4-7,9H,3,8H2,1-2H3,(H,17,18). The molecule has 0 fully saturated rings. The maximum atomic E-state index is 12.4. The van der Waals surface area contributed by atoms with Gasteiger partial charge >= 0.3 is 6.18 Å². The Morgan fingerprint density at radius 2 is 1.83 bits per heavy atom. The molecule has 1 unspecified atom stereocenters. The van der Waals surface area contributed by atoms with Crippen molar-refractivity contribution in [2.45, 2.75) is 31.9 Å². The average molecular weight is 259 g/mol. The van der Waals surface area contributed by atoms with Crippen LogP contribution in [0.1, 0.15) is 36.8 Å². The van der Waals surface area contributed by atoms with Gasteiger partial charge in [0.05, 0.1) is 5.56 Å². The zero-order valence-corrected chi connectivity index (χ0v) is 10.3. The molecule has 1 rings (SSSR count). The lowest BCUT2D eigenvalue weighted by atomic mass is 9.92. The molecular weight excluding hydrogens is 243 g/mol. The molecule has 0 aliphatic heterocycles. The smallest absolute Gasteiger partial charge is 0.359 e. The molecule has 0 spiro atoms. The van der Waals surface area contributed by atoms with Crippen LogP contribution in [0, 0.1) is 0 Å². The summed E-state index contributed by atoms with van der Waals surface area (Å²) in [5, 5.41) is 2.52. The highest BCUT2D eigenvalue weighted by molar-refractivity contribution is 5.76. The number of hydrogen-bond donors (Lipinski definition) is 1. The molecule has 0 aromatic heterocycles. The lowest BCUT2D eigenvalue weighted by molar-refractivity contribution is -0.137. The van der Waals surface area contributed by atoms with Gasteiger partial charge < -0.3 is 5.32 Å². The minimum atomic E-state index is -4.32. The second kappa shape index (κ2) is 5.89. The maximum absolute atomic E-state index is 12.4. The minimum absolute atomic E-state index is 0.0489. The first kappa shape index (κ1) is 14.5. The quantitative estimate of drug-likeness (QED) is 0.882. The summed E-state index contributed by atoms with van der Waals surface area (Å²) in [6, 6.07) is 5.00. The van der Waals surface area contributed by atoms with E-state index >= 15 is 0 Å². The molecule has 0 aliphatic carbocycles. The van der Waals surface area contributed by atoms with Crippen molar-refractivity contribution in [1.29, 1.82) is 0 Å². The molecule has 1 atom stereocenters. The van der Waals surface area contributed by atoms with E-state index in [0.29, 0.717) is 12.8 Å². The topological polar surface area (TPSA) is 29.1 Å². The molecule has 1 N–H and O–H groups in total. The van der Waals surface area contributed by atoms with Gasteiger partial charge in [0.25, 0.3) is 0 Å². The molecule has 1 aromatic carbocycles. The number of alkyl halides is 3. The second-order valence-corrected chi connectivity index (χ2v) is 4.10. The first-order valence-corrected chi connectivity index (χ1v) is 5.76. The van der Waals surface area contributed by atoms with E-state index < -0.39 is 11.7 Å². The first-order valence-electron chi connectivity index (χ1n) is 5.76. The Morgan fingerprint density at radius 1 is 1.28 bits per heavy atom. The van der Waals surface area contributed by atoms with E-state index in [-0.39, 0.29) is 11.8 Å². The van der Waals surface area contributed by atoms with Gasteiger partial charge in [0.15, 0.2) is 0 Å². The summed E-state index contributed by atoms with van der Waals surface area (Å²) in [5.41, 5.74) is 0.0927. The molecule has 0 aliphatic rings. The number of halogens is 3. The van der Waals surface area contributed by atoms with E-state index in [2.05, 4.69) is 5.32 Å². The molecular formula is C13H16F3NO. The van der Waals surface area contributed by atoms with Crippen molar-refractivity contribution in [2.24, 2.45) is 0 Å². The van der Waals surface area contributed by atoms with Gasteiger partial charge in [-0.05, 0) is 30.0 Å². The summed E-state index contributed by atoms with van der Waals surface area (Å²) in [6.45, 7) is 1.91. The number of carbonyl (C=O) groups excluding carboxylic acids is 1. The minimum Gasteiger partial charge on any atom is -0.359 e. The molecule has 2 nitrogen and oxygen atoms in total. The number of nitrogens with one attached hydrogen (secondary N) is 1. The molecule has 5 heteroatoms. The van der Waals surface area contributed by atoms with E-state index in [4.69, 9.17) is 0 Å². The van der Waals surface area contributed by atoms with Crippen LogP contribution in [-0.2, 0) is 11.0 Å². The number of hydrogen-bond acceptors (Lipinski definition) is 1. The summed E-state index contributed by atoms with van der Waals surface area (Å²) < 4.78 is 37.2. The zero-order chi connectivity index (χ0) is 13.8. The van der Waals surface area contributed by atoms with E-state index in [0.717, 1.165) is 17.7 Å².